The molecule has 2 heterocycles. The zero-order valence-electron chi connectivity index (χ0n) is 10.4. The van der Waals surface area contributed by atoms with Crippen LogP contribution in [0.3, 0.4) is 0 Å². The van der Waals surface area contributed by atoms with Gasteiger partial charge in [-0.2, -0.15) is 0 Å². The molecule has 3 rings (SSSR count). The predicted molar refractivity (Wildman–Crippen MR) is 66.8 cm³/mol. The van der Waals surface area contributed by atoms with Gasteiger partial charge in [-0.1, -0.05) is 12.1 Å². The molecule has 1 saturated heterocycles. The molecule has 2 aliphatic heterocycles. The van der Waals surface area contributed by atoms with Crippen molar-refractivity contribution >= 4 is 11.8 Å². The summed E-state index contributed by atoms with van der Waals surface area (Å²) in [5.74, 6) is -0.506. The van der Waals surface area contributed by atoms with Gasteiger partial charge in [-0.05, 0) is 25.0 Å². The van der Waals surface area contributed by atoms with E-state index in [-0.39, 0.29) is 37.2 Å². The first-order valence-corrected chi connectivity index (χ1v) is 6.42. The van der Waals surface area contributed by atoms with Crippen molar-refractivity contribution in [3.8, 4) is 0 Å². The van der Waals surface area contributed by atoms with E-state index >= 15 is 0 Å². The molecule has 0 radical (unpaired) electrons. The molecule has 2 amide bonds. The summed E-state index contributed by atoms with van der Waals surface area (Å²) >= 11 is 0. The third-order valence-corrected chi connectivity index (χ3v) is 3.66. The van der Waals surface area contributed by atoms with Crippen molar-refractivity contribution in [2.75, 3.05) is 13.2 Å². The van der Waals surface area contributed by atoms with Gasteiger partial charge in [0.25, 0.3) is 11.8 Å². The summed E-state index contributed by atoms with van der Waals surface area (Å²) in [6.45, 7) is 0.251. The second-order valence-electron chi connectivity index (χ2n) is 4.91. The van der Waals surface area contributed by atoms with Crippen LogP contribution in [-0.4, -0.2) is 47.2 Å². The maximum absolute atomic E-state index is 12.1. The topological polar surface area (TPSA) is 66.8 Å². The summed E-state index contributed by atoms with van der Waals surface area (Å²) in [4.78, 5) is 25.5. The molecular weight excluding hydrogens is 246 g/mol. The summed E-state index contributed by atoms with van der Waals surface area (Å²) < 4.78 is 5.57. The maximum atomic E-state index is 12.1. The number of imide groups is 1. The number of carbonyl (C=O) groups is 2. The van der Waals surface area contributed by atoms with Crippen molar-refractivity contribution in [2.24, 2.45) is 0 Å². The highest BCUT2D eigenvalue weighted by atomic mass is 16.5. The lowest BCUT2D eigenvalue weighted by Crippen LogP contribution is -2.37. The highest BCUT2D eigenvalue weighted by molar-refractivity contribution is 6.21. The Morgan fingerprint density at radius 1 is 1.11 bits per heavy atom. The van der Waals surface area contributed by atoms with Gasteiger partial charge in [-0.3, -0.25) is 14.5 Å². The molecule has 0 aromatic heterocycles. The summed E-state index contributed by atoms with van der Waals surface area (Å²) in [5.41, 5.74) is 0.924. The quantitative estimate of drug-likeness (QED) is 0.818. The zero-order valence-corrected chi connectivity index (χ0v) is 10.4. The molecule has 1 aromatic rings. The number of ether oxygens (including phenoxy) is 1. The molecule has 2 atom stereocenters. The van der Waals surface area contributed by atoms with E-state index in [4.69, 9.17) is 9.84 Å². The minimum atomic E-state index is -0.253. The number of rotatable bonds is 3. The fraction of sp³-hybridized carbons (Fsp3) is 0.429. The summed E-state index contributed by atoms with van der Waals surface area (Å²) in [6, 6.07) is 6.84. The van der Waals surface area contributed by atoms with Crippen LogP contribution in [0.15, 0.2) is 24.3 Å². The van der Waals surface area contributed by atoms with E-state index in [9.17, 15) is 9.59 Å². The molecule has 100 valence electrons. The Bertz CT molecular complexity index is 493. The number of hydrogen-bond donors (Lipinski definition) is 1. The third kappa shape index (κ3) is 2.05. The average molecular weight is 261 g/mol. The van der Waals surface area contributed by atoms with Gasteiger partial charge in [0.05, 0.1) is 36.5 Å². The Kier molecular flexibility index (Phi) is 3.08. The predicted octanol–water partition coefficient (Wildman–Crippen LogP) is 0.823. The molecule has 1 N–H and O–H groups in total. The highest BCUT2D eigenvalue weighted by Crippen LogP contribution is 2.26. The molecule has 0 spiro atoms. The fourth-order valence-electron chi connectivity index (χ4n) is 2.66. The number of aliphatic hydroxyl groups excluding tert-OH is 1. The van der Waals surface area contributed by atoms with Gasteiger partial charge in [-0.25, -0.2) is 0 Å². The van der Waals surface area contributed by atoms with Gasteiger partial charge in [-0.15, -0.1) is 0 Å². The van der Waals surface area contributed by atoms with Crippen LogP contribution in [0.1, 0.15) is 33.6 Å². The van der Waals surface area contributed by atoms with Crippen LogP contribution in [0.4, 0.5) is 0 Å². The van der Waals surface area contributed by atoms with Gasteiger partial charge in [0.1, 0.15) is 0 Å². The van der Waals surface area contributed by atoms with E-state index in [2.05, 4.69) is 0 Å². The summed E-state index contributed by atoms with van der Waals surface area (Å²) in [6.07, 6.45) is 1.20. The number of benzene rings is 1. The van der Waals surface area contributed by atoms with Crippen LogP contribution in [0.25, 0.3) is 0 Å². The van der Waals surface area contributed by atoms with Crippen molar-refractivity contribution in [1.29, 1.82) is 0 Å². The molecule has 5 nitrogen and oxygen atoms in total. The number of fused-ring (bicyclic) bond motifs is 1. The monoisotopic (exact) mass is 261 g/mol. The standard InChI is InChI=1S/C14H15NO4/c16-8-10-6-5-9(19-10)7-15-13(17)11-3-1-2-4-12(11)14(15)18/h1-4,9-10,16H,5-8H2. The number of carbonyl (C=O) groups excluding carboxylic acids is 2. The van der Waals surface area contributed by atoms with E-state index in [0.29, 0.717) is 11.1 Å². The number of aliphatic hydroxyl groups is 1. The average Bonchev–Trinajstić information content (AvgIpc) is 2.99. The van der Waals surface area contributed by atoms with Crippen LogP contribution >= 0.6 is 0 Å². The van der Waals surface area contributed by atoms with Crippen molar-refractivity contribution in [3.05, 3.63) is 35.4 Å². The van der Waals surface area contributed by atoms with Crippen molar-refractivity contribution in [1.82, 2.24) is 4.90 Å². The van der Waals surface area contributed by atoms with E-state index in [0.717, 1.165) is 12.8 Å². The van der Waals surface area contributed by atoms with Gasteiger partial charge in [0, 0.05) is 0 Å². The third-order valence-electron chi connectivity index (χ3n) is 3.66. The SMILES string of the molecule is O=C1c2ccccc2C(=O)N1CC1CCC(CO)O1. The van der Waals surface area contributed by atoms with E-state index in [1.54, 1.807) is 24.3 Å². The summed E-state index contributed by atoms with van der Waals surface area (Å²) in [5, 5.41) is 9.02. The van der Waals surface area contributed by atoms with Gasteiger partial charge >= 0.3 is 0 Å². The molecule has 1 fully saturated rings. The smallest absolute Gasteiger partial charge is 0.261 e. The first-order valence-electron chi connectivity index (χ1n) is 6.42. The second-order valence-corrected chi connectivity index (χ2v) is 4.91. The van der Waals surface area contributed by atoms with Crippen LogP contribution < -0.4 is 0 Å². The van der Waals surface area contributed by atoms with Crippen LogP contribution in [0.5, 0.6) is 0 Å². The van der Waals surface area contributed by atoms with Crippen LogP contribution in [-0.2, 0) is 4.74 Å². The molecular formula is C14H15NO4. The molecule has 2 aliphatic rings. The second kappa shape index (κ2) is 4.75. The van der Waals surface area contributed by atoms with Crippen LogP contribution in [0, 0.1) is 0 Å². The minimum Gasteiger partial charge on any atom is -0.394 e. The first-order chi connectivity index (χ1) is 9.20. The molecule has 0 aliphatic carbocycles. The lowest BCUT2D eigenvalue weighted by molar-refractivity contribution is -0.0000408. The maximum Gasteiger partial charge on any atom is 0.261 e. The Morgan fingerprint density at radius 3 is 2.21 bits per heavy atom. The minimum absolute atomic E-state index is 0.0153. The molecule has 19 heavy (non-hydrogen) atoms. The van der Waals surface area contributed by atoms with Crippen LogP contribution in [0.2, 0.25) is 0 Å². The fourth-order valence-corrected chi connectivity index (χ4v) is 2.66. The Hall–Kier alpha value is -1.72. The lowest BCUT2D eigenvalue weighted by atomic mass is 10.1. The largest absolute Gasteiger partial charge is 0.394 e. The van der Waals surface area contributed by atoms with Crippen molar-refractivity contribution < 1.29 is 19.4 Å². The van der Waals surface area contributed by atoms with Crippen molar-refractivity contribution in [3.63, 3.8) is 0 Å². The molecule has 2 unspecified atom stereocenters. The van der Waals surface area contributed by atoms with Gasteiger partial charge in [0.15, 0.2) is 0 Å². The Balaban J connectivity index is 1.74. The number of hydrogen-bond acceptors (Lipinski definition) is 4. The van der Waals surface area contributed by atoms with Gasteiger partial charge < -0.3 is 9.84 Å². The Labute approximate surface area is 110 Å². The number of nitrogens with zero attached hydrogens (tertiary/aromatic N) is 1. The lowest BCUT2D eigenvalue weighted by Gasteiger charge is -2.19. The first kappa shape index (κ1) is 12.3. The summed E-state index contributed by atoms with van der Waals surface area (Å²) in [7, 11) is 0. The molecule has 0 bridgehead atoms. The zero-order chi connectivity index (χ0) is 13.4. The van der Waals surface area contributed by atoms with E-state index < -0.39 is 0 Å². The molecule has 5 heteroatoms. The normalized spacial score (nSPS) is 26.1. The van der Waals surface area contributed by atoms with Crippen molar-refractivity contribution in [2.45, 2.75) is 25.0 Å². The van der Waals surface area contributed by atoms with E-state index in [1.165, 1.54) is 4.90 Å². The highest BCUT2D eigenvalue weighted by Gasteiger charge is 2.38. The molecule has 1 aromatic carbocycles. The number of amides is 2. The van der Waals surface area contributed by atoms with E-state index in [1.807, 2.05) is 0 Å². The Morgan fingerprint density at radius 2 is 1.68 bits per heavy atom. The molecule has 0 saturated carbocycles. The van der Waals surface area contributed by atoms with Gasteiger partial charge in [0.2, 0.25) is 0 Å².